The van der Waals surface area contributed by atoms with Gasteiger partial charge in [-0.15, -0.1) is 0 Å². The smallest absolute Gasteiger partial charge is 0.177 e. The van der Waals surface area contributed by atoms with Gasteiger partial charge in [-0.2, -0.15) is 26.3 Å². The summed E-state index contributed by atoms with van der Waals surface area (Å²) >= 11 is 0. The van der Waals surface area contributed by atoms with Gasteiger partial charge in [0.05, 0.1) is 27.7 Å². The summed E-state index contributed by atoms with van der Waals surface area (Å²) in [5.74, 6) is 0. The van der Waals surface area contributed by atoms with Crippen molar-refractivity contribution in [1.29, 1.82) is 26.3 Å². The van der Waals surface area contributed by atoms with Gasteiger partial charge in [0, 0.05) is 16.2 Å². The number of benzene rings is 4. The van der Waals surface area contributed by atoms with Gasteiger partial charge >= 0.3 is 0 Å². The minimum absolute atomic E-state index is 0.0154. The van der Waals surface area contributed by atoms with Crippen LogP contribution in [0.3, 0.4) is 0 Å². The summed E-state index contributed by atoms with van der Waals surface area (Å²) in [5, 5.41) is 52.2. The summed E-state index contributed by atoms with van der Waals surface area (Å²) in [4.78, 5) is 8.88. The molecule has 0 aliphatic carbocycles. The number of nitrogens with zero attached hydrogens (tertiary/aromatic N) is 7. The normalized spacial score (nSPS) is 10.3. The molecule has 0 spiro atoms. The van der Waals surface area contributed by atoms with Gasteiger partial charge in [0.25, 0.3) is 0 Å². The van der Waals surface area contributed by atoms with Crippen LogP contribution in [0, 0.1) is 56.7 Å². The van der Waals surface area contributed by atoms with Crippen molar-refractivity contribution in [3.63, 3.8) is 0 Å². The zero-order valence-electron chi connectivity index (χ0n) is 16.2. The first kappa shape index (κ1) is 18.5. The van der Waals surface area contributed by atoms with Crippen molar-refractivity contribution >= 4 is 43.4 Å². The molecule has 7 nitrogen and oxygen atoms in total. The summed E-state index contributed by atoms with van der Waals surface area (Å²) in [6.45, 7) is 0. The summed E-state index contributed by atoms with van der Waals surface area (Å²) in [6, 6.07) is 22.6. The molecule has 7 heteroatoms. The Morgan fingerprint density at radius 2 is 1.25 bits per heavy atom. The maximum absolute atomic E-state index is 9.95. The number of aromatic nitrogens is 2. The predicted molar refractivity (Wildman–Crippen MR) is 116 cm³/mol. The minimum Gasteiger partial charge on any atom is -0.232 e. The topological polar surface area (TPSA) is 145 Å². The van der Waals surface area contributed by atoms with Gasteiger partial charge in [0.2, 0.25) is 0 Å². The molecule has 5 aromatic rings. The Balaban J connectivity index is 2.26. The largest absolute Gasteiger partial charge is 0.232 e. The van der Waals surface area contributed by atoms with E-state index in [1.165, 1.54) is 6.07 Å². The molecule has 0 saturated heterocycles. The van der Waals surface area contributed by atoms with Crippen LogP contribution < -0.4 is 0 Å². The van der Waals surface area contributed by atoms with E-state index in [9.17, 15) is 26.3 Å². The highest BCUT2D eigenvalue weighted by Crippen LogP contribution is 2.40. The van der Waals surface area contributed by atoms with Crippen molar-refractivity contribution in [2.75, 3.05) is 0 Å². The van der Waals surface area contributed by atoms with Gasteiger partial charge in [-0.25, -0.2) is 9.97 Å². The first-order valence-electron chi connectivity index (χ1n) is 9.33. The maximum Gasteiger partial charge on any atom is 0.177 e. The van der Waals surface area contributed by atoms with Gasteiger partial charge in [-0.05, 0) is 22.2 Å². The lowest BCUT2D eigenvalue weighted by atomic mass is 9.89. The molecular formula is C25H7N7. The summed E-state index contributed by atoms with van der Waals surface area (Å²) in [7, 11) is 0. The lowest BCUT2D eigenvalue weighted by Gasteiger charge is -2.14. The maximum atomic E-state index is 9.95. The van der Waals surface area contributed by atoms with Crippen molar-refractivity contribution in [3.8, 4) is 30.3 Å². The first-order valence-corrected chi connectivity index (χ1v) is 9.33. The van der Waals surface area contributed by atoms with Crippen molar-refractivity contribution < 1.29 is 0 Å². The lowest BCUT2D eigenvalue weighted by Crippen LogP contribution is -2.00. The standard InChI is InChI=1S/C25H7N7/c26-8-14-7-17-22(19(10-28)18(14)9-27)16-6-5-13-3-1-2-4-15(13)23(16)25-24(17)31-20(11-29)21(12-30)32-25/h1-7H. The Bertz CT molecular complexity index is 1880. The van der Waals surface area contributed by atoms with E-state index in [-0.39, 0.29) is 33.6 Å². The van der Waals surface area contributed by atoms with Crippen LogP contribution in [0.15, 0.2) is 42.5 Å². The highest BCUT2D eigenvalue weighted by molar-refractivity contribution is 6.31. The first-order chi connectivity index (χ1) is 15.7. The molecule has 0 aliphatic rings. The monoisotopic (exact) mass is 405 g/mol. The molecule has 0 atom stereocenters. The van der Waals surface area contributed by atoms with E-state index in [4.69, 9.17) is 0 Å². The molecule has 1 heterocycles. The van der Waals surface area contributed by atoms with Crippen LogP contribution in [-0.4, -0.2) is 9.97 Å². The Hall–Kier alpha value is -5.55. The Morgan fingerprint density at radius 3 is 1.91 bits per heavy atom. The lowest BCUT2D eigenvalue weighted by molar-refractivity contribution is 1.21. The number of nitriles is 5. The van der Waals surface area contributed by atoms with Crippen molar-refractivity contribution in [3.05, 3.63) is 70.5 Å². The van der Waals surface area contributed by atoms with Gasteiger partial charge in [-0.1, -0.05) is 36.4 Å². The third-order valence-corrected chi connectivity index (χ3v) is 5.47. The molecule has 5 rings (SSSR count). The van der Waals surface area contributed by atoms with E-state index in [1.54, 1.807) is 0 Å². The Morgan fingerprint density at radius 1 is 0.562 bits per heavy atom. The van der Waals surface area contributed by atoms with Crippen LogP contribution in [0.5, 0.6) is 0 Å². The number of fused-ring (bicyclic) bond motifs is 8. The van der Waals surface area contributed by atoms with E-state index in [0.717, 1.165) is 10.8 Å². The van der Waals surface area contributed by atoms with Gasteiger partial charge < -0.3 is 0 Å². The van der Waals surface area contributed by atoms with Crippen molar-refractivity contribution in [2.24, 2.45) is 0 Å². The molecule has 0 fully saturated rings. The van der Waals surface area contributed by atoms with Gasteiger partial charge in [0.15, 0.2) is 11.4 Å². The van der Waals surface area contributed by atoms with Crippen LogP contribution in [-0.2, 0) is 0 Å². The van der Waals surface area contributed by atoms with E-state index >= 15 is 0 Å². The molecule has 0 bridgehead atoms. The second-order valence-corrected chi connectivity index (χ2v) is 6.98. The second-order valence-electron chi connectivity index (χ2n) is 6.98. The Kier molecular flexibility index (Phi) is 3.90. The highest BCUT2D eigenvalue weighted by Gasteiger charge is 2.22. The fraction of sp³-hybridized carbons (Fsp3) is 0. The molecule has 1 aromatic heterocycles. The molecular weight excluding hydrogens is 398 g/mol. The number of hydrogen-bond acceptors (Lipinski definition) is 7. The quantitative estimate of drug-likeness (QED) is 0.346. The average Bonchev–Trinajstić information content (AvgIpc) is 2.85. The molecule has 0 unspecified atom stereocenters. The van der Waals surface area contributed by atoms with Crippen LogP contribution in [0.2, 0.25) is 0 Å². The third kappa shape index (κ3) is 2.30. The predicted octanol–water partition coefficient (Wildman–Crippen LogP) is 4.45. The Labute approximate surface area is 180 Å². The van der Waals surface area contributed by atoms with E-state index < -0.39 is 0 Å². The molecule has 0 radical (unpaired) electrons. The fourth-order valence-electron chi connectivity index (χ4n) is 4.15. The fourth-order valence-corrected chi connectivity index (χ4v) is 4.15. The van der Waals surface area contributed by atoms with Gasteiger partial charge in [0.1, 0.15) is 30.3 Å². The van der Waals surface area contributed by atoms with Crippen LogP contribution in [0.1, 0.15) is 28.1 Å². The van der Waals surface area contributed by atoms with Crippen molar-refractivity contribution in [1.82, 2.24) is 9.97 Å². The van der Waals surface area contributed by atoms with Crippen LogP contribution in [0.4, 0.5) is 0 Å². The zero-order valence-corrected chi connectivity index (χ0v) is 16.2. The van der Waals surface area contributed by atoms with Crippen LogP contribution in [0.25, 0.3) is 43.4 Å². The molecule has 142 valence electrons. The molecule has 0 saturated carbocycles. The van der Waals surface area contributed by atoms with E-state index in [2.05, 4.69) is 16.0 Å². The van der Waals surface area contributed by atoms with Gasteiger partial charge in [-0.3, -0.25) is 0 Å². The van der Waals surface area contributed by atoms with Crippen molar-refractivity contribution in [2.45, 2.75) is 0 Å². The average molecular weight is 405 g/mol. The highest BCUT2D eigenvalue weighted by atomic mass is 14.8. The number of rotatable bonds is 0. The third-order valence-electron chi connectivity index (χ3n) is 5.47. The van der Waals surface area contributed by atoms with E-state index in [1.807, 2.05) is 60.7 Å². The van der Waals surface area contributed by atoms with Crippen LogP contribution >= 0.6 is 0 Å². The minimum atomic E-state index is -0.151. The molecule has 0 amide bonds. The molecule has 4 aromatic carbocycles. The molecule has 0 aliphatic heterocycles. The molecule has 0 N–H and O–H groups in total. The SMILES string of the molecule is N#Cc1cc2c3nc(C#N)c(C#N)nc3c3c4ccccc4ccc3c2c(C#N)c1C#N. The molecule has 32 heavy (non-hydrogen) atoms. The second kappa shape index (κ2) is 6.76. The summed E-state index contributed by atoms with van der Waals surface area (Å²) in [6.07, 6.45) is 0. The summed E-state index contributed by atoms with van der Waals surface area (Å²) in [5.41, 5.74) is 0.495. The summed E-state index contributed by atoms with van der Waals surface area (Å²) < 4.78 is 0. The number of hydrogen-bond donors (Lipinski definition) is 0. The van der Waals surface area contributed by atoms with E-state index in [0.29, 0.717) is 27.1 Å². The zero-order chi connectivity index (χ0) is 22.4.